The molecule has 3 rings (SSSR count). The number of benzene rings is 2. The van der Waals surface area contributed by atoms with Crippen LogP contribution in [0, 0.1) is 11.3 Å². The van der Waals surface area contributed by atoms with E-state index in [9.17, 15) is 9.59 Å². The van der Waals surface area contributed by atoms with Crippen molar-refractivity contribution < 1.29 is 14.3 Å². The lowest BCUT2D eigenvalue weighted by molar-refractivity contribution is -0.123. The summed E-state index contributed by atoms with van der Waals surface area (Å²) in [6.07, 6.45) is 2.80. The molecule has 0 radical (unpaired) electrons. The molecule has 0 aromatic heterocycles. The highest BCUT2D eigenvalue weighted by Crippen LogP contribution is 2.16. The van der Waals surface area contributed by atoms with Crippen LogP contribution in [-0.2, 0) is 16.1 Å². The van der Waals surface area contributed by atoms with E-state index in [1.165, 1.54) is 26.2 Å². The second-order valence-corrected chi connectivity index (χ2v) is 7.23. The molecular weight excluding hydrogens is 366 g/mol. The van der Waals surface area contributed by atoms with E-state index in [2.05, 4.69) is 10.2 Å². The van der Waals surface area contributed by atoms with Crippen molar-refractivity contribution in [3.8, 4) is 6.07 Å². The maximum absolute atomic E-state index is 12.4. The number of piperidine rings is 1. The highest BCUT2D eigenvalue weighted by atomic mass is 16.5. The van der Waals surface area contributed by atoms with Gasteiger partial charge in [-0.25, -0.2) is 4.79 Å². The topological polar surface area (TPSA) is 82.4 Å². The van der Waals surface area contributed by atoms with Crippen molar-refractivity contribution in [3.05, 3.63) is 65.2 Å². The second kappa shape index (κ2) is 9.85. The van der Waals surface area contributed by atoms with Crippen molar-refractivity contribution in [2.75, 3.05) is 18.4 Å². The Hall–Kier alpha value is -3.17. The summed E-state index contributed by atoms with van der Waals surface area (Å²) in [4.78, 5) is 27.1. The van der Waals surface area contributed by atoms with Crippen LogP contribution in [0.5, 0.6) is 0 Å². The number of likely N-dealkylation sites (tertiary alicyclic amines) is 1. The molecule has 1 atom stereocenters. The van der Waals surface area contributed by atoms with Crippen molar-refractivity contribution in [2.24, 2.45) is 0 Å². The lowest BCUT2D eigenvalue weighted by atomic mass is 10.1. The van der Waals surface area contributed by atoms with Crippen molar-refractivity contribution >= 4 is 17.6 Å². The van der Waals surface area contributed by atoms with Crippen molar-refractivity contribution in [3.63, 3.8) is 0 Å². The van der Waals surface area contributed by atoms with E-state index in [-0.39, 0.29) is 0 Å². The van der Waals surface area contributed by atoms with Gasteiger partial charge in [0.1, 0.15) is 6.07 Å². The molecule has 0 unspecified atom stereocenters. The van der Waals surface area contributed by atoms with Gasteiger partial charge in [-0.05, 0) is 62.7 Å². The smallest absolute Gasteiger partial charge is 0.338 e. The average Bonchev–Trinajstić information content (AvgIpc) is 2.75. The molecule has 29 heavy (non-hydrogen) atoms. The molecule has 1 fully saturated rings. The summed E-state index contributed by atoms with van der Waals surface area (Å²) in [5.41, 5.74) is 2.31. The highest BCUT2D eigenvalue weighted by Gasteiger charge is 2.20. The van der Waals surface area contributed by atoms with E-state index < -0.39 is 18.0 Å². The first-order chi connectivity index (χ1) is 14.1. The van der Waals surface area contributed by atoms with Crippen molar-refractivity contribution in [1.29, 1.82) is 5.26 Å². The van der Waals surface area contributed by atoms with Crippen LogP contribution in [0.25, 0.3) is 0 Å². The summed E-state index contributed by atoms with van der Waals surface area (Å²) in [7, 11) is 0. The first-order valence-electron chi connectivity index (χ1n) is 9.89. The van der Waals surface area contributed by atoms with E-state index in [0.717, 1.165) is 25.2 Å². The number of nitriles is 1. The van der Waals surface area contributed by atoms with Crippen LogP contribution in [0.15, 0.2) is 48.5 Å². The number of carbonyl (C=O) groups excluding carboxylic acids is 2. The summed E-state index contributed by atoms with van der Waals surface area (Å²) in [6, 6.07) is 16.0. The Labute approximate surface area is 171 Å². The molecule has 2 aromatic rings. The third kappa shape index (κ3) is 5.66. The van der Waals surface area contributed by atoms with Gasteiger partial charge >= 0.3 is 5.97 Å². The molecule has 1 N–H and O–H groups in total. The highest BCUT2D eigenvalue weighted by molar-refractivity contribution is 5.98. The van der Waals surface area contributed by atoms with Crippen LogP contribution >= 0.6 is 0 Å². The lowest BCUT2D eigenvalue weighted by Crippen LogP contribution is -2.30. The summed E-state index contributed by atoms with van der Waals surface area (Å²) in [5, 5.41) is 11.7. The van der Waals surface area contributed by atoms with Gasteiger partial charge in [-0.15, -0.1) is 0 Å². The van der Waals surface area contributed by atoms with E-state index >= 15 is 0 Å². The van der Waals surface area contributed by atoms with Crippen LogP contribution in [0.1, 0.15) is 47.7 Å². The molecule has 150 valence electrons. The fraction of sp³-hybridized carbons (Fsp3) is 0.348. The Morgan fingerprint density at radius 2 is 1.79 bits per heavy atom. The molecule has 6 nitrogen and oxygen atoms in total. The molecule has 0 aliphatic carbocycles. The summed E-state index contributed by atoms with van der Waals surface area (Å²) >= 11 is 0. The molecule has 1 aliphatic heterocycles. The molecule has 0 saturated carbocycles. The Morgan fingerprint density at radius 1 is 1.10 bits per heavy atom. The Balaban J connectivity index is 1.54. The molecule has 1 aliphatic rings. The Bertz CT molecular complexity index is 896. The zero-order valence-electron chi connectivity index (χ0n) is 16.6. The Kier molecular flexibility index (Phi) is 6.99. The number of amides is 1. The zero-order valence-corrected chi connectivity index (χ0v) is 16.6. The molecule has 1 heterocycles. The van der Waals surface area contributed by atoms with Gasteiger partial charge in [0.15, 0.2) is 6.10 Å². The van der Waals surface area contributed by atoms with Crippen LogP contribution in [0.2, 0.25) is 0 Å². The van der Waals surface area contributed by atoms with E-state index in [0.29, 0.717) is 16.8 Å². The fourth-order valence-corrected chi connectivity index (χ4v) is 3.33. The molecule has 1 amide bonds. The number of ether oxygens (including phenoxy) is 1. The van der Waals surface area contributed by atoms with Crippen LogP contribution in [-0.4, -0.2) is 36.0 Å². The molecule has 1 saturated heterocycles. The monoisotopic (exact) mass is 391 g/mol. The molecule has 0 bridgehead atoms. The van der Waals surface area contributed by atoms with E-state index in [1.807, 2.05) is 18.2 Å². The number of nitrogens with zero attached hydrogens (tertiary/aromatic N) is 2. The number of nitrogens with one attached hydrogen (secondary N) is 1. The van der Waals surface area contributed by atoms with Gasteiger partial charge in [-0.2, -0.15) is 5.26 Å². The largest absolute Gasteiger partial charge is 0.449 e. The van der Waals surface area contributed by atoms with Gasteiger partial charge < -0.3 is 10.1 Å². The van der Waals surface area contributed by atoms with Gasteiger partial charge in [0.2, 0.25) is 0 Å². The average molecular weight is 391 g/mol. The van der Waals surface area contributed by atoms with Crippen LogP contribution < -0.4 is 5.32 Å². The standard InChI is InChI=1S/C23H25N3O3/c1-17(22(27)25-21-8-4-3-7-20(21)15-24)29-23(28)19-11-9-18(10-12-19)16-26-13-5-2-6-14-26/h3-4,7-12,17H,2,5-6,13-14,16H2,1H3,(H,25,27)/t17-/m1/s1. The number of hydrogen-bond donors (Lipinski definition) is 1. The maximum Gasteiger partial charge on any atom is 0.338 e. The second-order valence-electron chi connectivity index (χ2n) is 7.23. The van der Waals surface area contributed by atoms with Gasteiger partial charge in [0, 0.05) is 6.54 Å². The Morgan fingerprint density at radius 3 is 2.48 bits per heavy atom. The first-order valence-corrected chi connectivity index (χ1v) is 9.89. The van der Waals surface area contributed by atoms with E-state index in [4.69, 9.17) is 10.00 Å². The minimum Gasteiger partial charge on any atom is -0.449 e. The molecular formula is C23H25N3O3. The van der Waals surface area contributed by atoms with Gasteiger partial charge in [0.25, 0.3) is 5.91 Å². The number of anilines is 1. The minimum atomic E-state index is -0.984. The predicted molar refractivity (Wildman–Crippen MR) is 110 cm³/mol. The van der Waals surface area contributed by atoms with Crippen molar-refractivity contribution in [2.45, 2.75) is 38.8 Å². The van der Waals surface area contributed by atoms with Gasteiger partial charge in [-0.1, -0.05) is 30.7 Å². The third-order valence-corrected chi connectivity index (χ3v) is 5.00. The summed E-state index contributed by atoms with van der Waals surface area (Å²) in [6.45, 7) is 4.62. The third-order valence-electron chi connectivity index (χ3n) is 5.00. The quantitative estimate of drug-likeness (QED) is 0.759. The van der Waals surface area contributed by atoms with Gasteiger partial charge in [-0.3, -0.25) is 9.69 Å². The number of esters is 1. The SMILES string of the molecule is C[C@@H](OC(=O)c1ccc(CN2CCCCC2)cc1)C(=O)Nc1ccccc1C#N. The first kappa shape index (κ1) is 20.6. The molecule has 6 heteroatoms. The fourth-order valence-electron chi connectivity index (χ4n) is 3.33. The maximum atomic E-state index is 12.4. The summed E-state index contributed by atoms with van der Waals surface area (Å²) < 4.78 is 5.29. The predicted octanol–water partition coefficient (Wildman–Crippen LogP) is 3.73. The zero-order chi connectivity index (χ0) is 20.6. The number of rotatable bonds is 6. The van der Waals surface area contributed by atoms with Crippen LogP contribution in [0.3, 0.4) is 0 Å². The number of hydrogen-bond acceptors (Lipinski definition) is 5. The lowest BCUT2D eigenvalue weighted by Gasteiger charge is -2.26. The van der Waals surface area contributed by atoms with Crippen LogP contribution in [0.4, 0.5) is 5.69 Å². The molecule has 2 aromatic carbocycles. The van der Waals surface area contributed by atoms with Gasteiger partial charge in [0.05, 0.1) is 16.8 Å². The van der Waals surface area contributed by atoms with E-state index in [1.54, 1.807) is 36.4 Å². The normalized spacial score (nSPS) is 15.2. The summed E-state index contributed by atoms with van der Waals surface area (Å²) in [5.74, 6) is -1.03. The number of carbonyl (C=O) groups is 2. The van der Waals surface area contributed by atoms with Crippen molar-refractivity contribution in [1.82, 2.24) is 4.90 Å². The number of para-hydroxylation sites is 1. The molecule has 0 spiro atoms. The minimum absolute atomic E-state index is 0.351.